The van der Waals surface area contributed by atoms with Crippen molar-refractivity contribution in [1.82, 2.24) is 39.9 Å². The monoisotopic (exact) mass is 1450 g/mol. The maximum Gasteiger partial charge on any atom is 2.00 e. The largest absolute Gasteiger partial charge is 2.00 e. The number of fused-ring (bicyclic) bond motifs is 16. The molecule has 0 atom stereocenters. The van der Waals surface area contributed by atoms with Crippen molar-refractivity contribution in [2.45, 2.75) is 9.79 Å². The van der Waals surface area contributed by atoms with Gasteiger partial charge in [-0.25, -0.2) is 36.8 Å². The van der Waals surface area contributed by atoms with Crippen LogP contribution in [-0.2, 0) is 37.0 Å². The van der Waals surface area contributed by atoms with Crippen LogP contribution in [0.3, 0.4) is 0 Å². The molecule has 0 amide bonds. The molecule has 16 bridgehead atoms. The van der Waals surface area contributed by atoms with E-state index in [9.17, 15) is 25.9 Å². The third-order valence-corrected chi connectivity index (χ3v) is 20.3. The summed E-state index contributed by atoms with van der Waals surface area (Å²) in [6.07, 6.45) is 7.31. The van der Waals surface area contributed by atoms with Crippen LogP contribution in [0.15, 0.2) is 313 Å². The Bertz CT molecular complexity index is 6090. The molecule has 17 heteroatoms. The molecule has 0 saturated carbocycles. The summed E-state index contributed by atoms with van der Waals surface area (Å²) in [5.74, 6) is 0. The number of hydrogen-bond donors (Lipinski definition) is 4. The Labute approximate surface area is 614 Å². The minimum absolute atomic E-state index is 0. The molecule has 1 radical (unpaired) electrons. The van der Waals surface area contributed by atoms with Crippen molar-refractivity contribution >= 4 is 111 Å². The van der Waals surface area contributed by atoms with Gasteiger partial charge in [0.25, 0.3) is 0 Å². The van der Waals surface area contributed by atoms with Gasteiger partial charge in [-0.05, 0) is 129 Å². The molecule has 8 aromatic carbocycles. The fourth-order valence-electron chi connectivity index (χ4n) is 14.2. The van der Waals surface area contributed by atoms with Gasteiger partial charge in [-0.1, -0.05) is 243 Å². The zero-order valence-electron chi connectivity index (χ0n) is 55.6. The van der Waals surface area contributed by atoms with Crippen molar-refractivity contribution in [1.29, 1.82) is 0 Å². The van der Waals surface area contributed by atoms with Crippen molar-refractivity contribution in [2.75, 3.05) is 0 Å². The van der Waals surface area contributed by atoms with E-state index in [4.69, 9.17) is 19.9 Å². The summed E-state index contributed by atoms with van der Waals surface area (Å²) in [6, 6.07) is 97.4. The van der Waals surface area contributed by atoms with Gasteiger partial charge in [0.15, 0.2) is 0 Å². The fraction of sp³-hybridized carbons (Fsp3) is 0. The molecule has 0 fully saturated rings. The smallest absolute Gasteiger partial charge is 0.744 e. The molecule has 105 heavy (non-hydrogen) atoms. The Balaban J connectivity index is 0.000000160. The number of hydrogen-bond acceptors (Lipinski definition) is 10. The number of nitrogens with zero attached hydrogens (tertiary/aromatic N) is 4. The van der Waals surface area contributed by atoms with Crippen LogP contribution in [0.2, 0.25) is 0 Å². The van der Waals surface area contributed by atoms with Crippen LogP contribution >= 0.6 is 0 Å². The first-order valence-electron chi connectivity index (χ1n) is 33.6. The molecule has 507 valence electrons. The normalized spacial score (nSPS) is 12.6. The van der Waals surface area contributed by atoms with Gasteiger partial charge in [0.2, 0.25) is 0 Å². The van der Waals surface area contributed by atoms with Gasteiger partial charge in [-0.2, -0.15) is 0 Å². The average Bonchev–Trinajstić information content (AvgIpc) is 1.58. The summed E-state index contributed by atoms with van der Waals surface area (Å²) in [7, 11) is -10.1. The zero-order valence-corrected chi connectivity index (χ0v) is 58.2. The van der Waals surface area contributed by atoms with E-state index in [1.54, 1.807) is 24.3 Å². The summed E-state index contributed by atoms with van der Waals surface area (Å²) in [6.45, 7) is 0. The van der Waals surface area contributed by atoms with Crippen LogP contribution in [0.1, 0.15) is 67.8 Å². The van der Waals surface area contributed by atoms with E-state index in [1.165, 1.54) is 0 Å². The summed E-state index contributed by atoms with van der Waals surface area (Å²) < 4.78 is 80.7. The number of rotatable bonds is 10. The van der Waals surface area contributed by atoms with Crippen molar-refractivity contribution in [3.8, 4) is 44.5 Å². The summed E-state index contributed by atoms with van der Waals surface area (Å²) in [4.78, 5) is 33.6. The fourth-order valence-corrected chi connectivity index (χ4v) is 15.9. The number of H-pyrrole nitrogens is 4. The second kappa shape index (κ2) is 27.9. The summed E-state index contributed by atoms with van der Waals surface area (Å²) in [5, 5.41) is 0. The van der Waals surface area contributed by atoms with E-state index in [2.05, 4.69) is 68.5 Å². The third-order valence-electron chi connectivity index (χ3n) is 18.5. The molecule has 10 heterocycles. The van der Waals surface area contributed by atoms with Crippen molar-refractivity contribution in [3.05, 3.63) is 371 Å². The van der Waals surface area contributed by atoms with Crippen LogP contribution in [0, 0.1) is 0 Å². The molecular formula is C88H58CoN8O6S2. The number of aromatic nitrogens is 8. The van der Waals surface area contributed by atoms with E-state index >= 15 is 0 Å². The van der Waals surface area contributed by atoms with Crippen LogP contribution in [0.5, 0.6) is 0 Å². The van der Waals surface area contributed by atoms with Gasteiger partial charge in [0.05, 0.1) is 77.4 Å². The zero-order chi connectivity index (χ0) is 70.5. The molecule has 14 aromatic rings. The van der Waals surface area contributed by atoms with Crippen molar-refractivity contribution in [3.63, 3.8) is 0 Å². The molecule has 4 aliphatic heterocycles. The first kappa shape index (κ1) is 66.8. The van der Waals surface area contributed by atoms with E-state index in [0.29, 0.717) is 67.5 Å². The van der Waals surface area contributed by atoms with Gasteiger partial charge in [0, 0.05) is 66.6 Å². The quantitative estimate of drug-likeness (QED) is 0.0947. The van der Waals surface area contributed by atoms with Gasteiger partial charge in [-0.3, -0.25) is 0 Å². The first-order valence-corrected chi connectivity index (χ1v) is 36.4. The number of benzene rings is 8. The Morgan fingerprint density at radius 2 is 0.505 bits per heavy atom. The minimum atomic E-state index is -5.04. The molecule has 4 N–H and O–H groups in total. The molecule has 0 spiro atoms. The summed E-state index contributed by atoms with van der Waals surface area (Å²) in [5.41, 5.74) is 21.5. The van der Waals surface area contributed by atoms with Crippen molar-refractivity contribution < 1.29 is 42.7 Å². The molecule has 0 saturated heterocycles. The summed E-state index contributed by atoms with van der Waals surface area (Å²) >= 11 is 0. The predicted octanol–water partition coefficient (Wildman–Crippen LogP) is 19.5. The van der Waals surface area contributed by atoms with E-state index in [0.717, 1.165) is 89.1 Å². The van der Waals surface area contributed by atoms with E-state index in [1.807, 2.05) is 255 Å². The SMILES string of the molecule is O=S(=O)([O-])c1c(-c2ccccc2)c2[nH]c1cc1nc(cc3ccc(cc4nc(c2-c2ccccc2)C(c2ccccc2)=C4c2ccccc2)[nH]3)C=C1.O=S(=O)([O-])c1c(-c2ccccc2)c2[nH]c1cc1nc(cc3ccc(cc4nc(c2-c2ccccc2)C(c2ccccc2)=C4c2ccccc2)[nH]3)C=C1.[Co+2]. The molecule has 18 rings (SSSR count). The molecule has 0 unspecified atom stereocenters. The minimum Gasteiger partial charge on any atom is -0.744 e. The molecule has 6 aromatic heterocycles. The van der Waals surface area contributed by atoms with Gasteiger partial charge < -0.3 is 29.0 Å². The second-order valence-corrected chi connectivity index (χ2v) is 27.8. The molecule has 0 aliphatic carbocycles. The first-order chi connectivity index (χ1) is 50.8. The van der Waals surface area contributed by atoms with Gasteiger partial charge in [-0.15, -0.1) is 0 Å². The number of aromatic amines is 4. The van der Waals surface area contributed by atoms with Gasteiger partial charge >= 0.3 is 16.8 Å². The second-order valence-electron chi connectivity index (χ2n) is 25.2. The molecule has 14 nitrogen and oxygen atoms in total. The Hall–Kier alpha value is -12.7. The predicted molar refractivity (Wildman–Crippen MR) is 413 cm³/mol. The Kier molecular flexibility index (Phi) is 17.8. The van der Waals surface area contributed by atoms with Crippen LogP contribution < -0.4 is 0 Å². The topological polar surface area (TPSA) is 229 Å². The Morgan fingerprint density at radius 3 is 0.790 bits per heavy atom. The molecule has 4 aliphatic rings. The van der Waals surface area contributed by atoms with Gasteiger partial charge in [0.1, 0.15) is 20.2 Å². The maximum atomic E-state index is 13.5. The Morgan fingerprint density at radius 1 is 0.257 bits per heavy atom. The maximum absolute atomic E-state index is 13.5. The van der Waals surface area contributed by atoms with Crippen LogP contribution in [0.25, 0.3) is 135 Å². The van der Waals surface area contributed by atoms with Crippen molar-refractivity contribution in [2.24, 2.45) is 0 Å². The number of nitrogens with one attached hydrogen (secondary N) is 4. The van der Waals surface area contributed by atoms with Crippen LogP contribution in [-0.4, -0.2) is 65.8 Å². The van der Waals surface area contributed by atoms with E-state index in [-0.39, 0.29) is 48.7 Å². The van der Waals surface area contributed by atoms with E-state index < -0.39 is 20.2 Å². The third kappa shape index (κ3) is 13.1. The molecular weight excluding hydrogens is 1390 g/mol. The van der Waals surface area contributed by atoms with Crippen LogP contribution in [0.4, 0.5) is 0 Å². The standard InChI is InChI=1S/2C44H30N4O3S.Co/c2*49-52(50,51)44-37-27-35-24-22-33(46-35)25-32-21-23-34(45-32)26-36-38(28-13-5-1-6-14-28)39(29-15-7-2-8-16-29)42(47-36)40(30-17-9-3-10-18-30)43(48-37)41(44)31-19-11-4-12-20-31;/h2*1-27,45,48H,(H,49,50,51);/q;;+2/p-2. The average molecular weight is 1450 g/mol.